The van der Waals surface area contributed by atoms with Gasteiger partial charge in [0.05, 0.1) is 19.8 Å². The van der Waals surface area contributed by atoms with Gasteiger partial charge in [0.15, 0.2) is 6.10 Å². The molecule has 10 nitrogen and oxygen atoms in total. The average Bonchev–Trinajstić information content (AvgIpc) is 3.12. The third-order valence-corrected chi connectivity index (χ3v) is 9.88. The van der Waals surface area contributed by atoms with Crippen LogP contribution in [-0.2, 0) is 32.7 Å². The maximum atomic E-state index is 12.5. The summed E-state index contributed by atoms with van der Waals surface area (Å²) >= 11 is 0. The van der Waals surface area contributed by atoms with Crippen molar-refractivity contribution < 1.29 is 47.8 Å². The Hall–Kier alpha value is -1.29. The van der Waals surface area contributed by atoms with E-state index < -0.39 is 51.8 Å². The van der Waals surface area contributed by atoms with Gasteiger partial charge in [0.2, 0.25) is 0 Å². The van der Waals surface area contributed by atoms with Gasteiger partial charge in [-0.05, 0) is 25.7 Å². The topological polar surface area (TPSA) is 149 Å². The first kappa shape index (κ1) is 49.7. The molecule has 0 heterocycles. The molecule has 0 aromatic rings. The lowest BCUT2D eigenvalue weighted by molar-refractivity contribution is -0.161. The van der Waals surface area contributed by atoms with E-state index in [4.69, 9.17) is 19.1 Å². The summed E-state index contributed by atoms with van der Waals surface area (Å²) in [5.74, 6) is -0.973. The van der Waals surface area contributed by atoms with E-state index in [1.54, 1.807) is 0 Å². The number of hydrogen-bond donors (Lipinski definition) is 3. The molecule has 3 unspecified atom stereocenters. The molecule has 0 spiro atoms. The number of aliphatic hydroxyl groups is 2. The van der Waals surface area contributed by atoms with E-state index in [-0.39, 0.29) is 19.4 Å². The van der Waals surface area contributed by atoms with Gasteiger partial charge in [-0.2, -0.15) is 0 Å². The Bertz CT molecular complexity index is 868. The Morgan fingerprint density at radius 1 is 0.569 bits per heavy atom. The SMILES string of the molecule is CCCCCCCCCCCCCC=CCCC(=O)OC(COC(=O)CCCCCCCCCCCCCCC)COP(=O)(O)OCC(O)CO. The number of unbranched alkanes of at least 4 members (excludes halogenated alkanes) is 23. The van der Waals surface area contributed by atoms with E-state index >= 15 is 0 Å². The zero-order valence-corrected chi connectivity index (χ0v) is 33.5. The molecule has 0 radical (unpaired) electrons. The van der Waals surface area contributed by atoms with E-state index in [1.807, 2.05) is 6.08 Å². The lowest BCUT2D eigenvalue weighted by Gasteiger charge is -2.20. The average molecular weight is 749 g/mol. The molecule has 51 heavy (non-hydrogen) atoms. The summed E-state index contributed by atoms with van der Waals surface area (Å²) < 4.78 is 32.6. The normalized spacial score (nSPS) is 14.1. The van der Waals surface area contributed by atoms with Crippen LogP contribution in [0.5, 0.6) is 0 Å². The van der Waals surface area contributed by atoms with Crippen LogP contribution in [0, 0.1) is 0 Å². The standard InChI is InChI=1S/C40H77O10P/c1-3-5-7-9-11-13-15-17-18-20-22-24-26-28-30-32-40(44)50-38(36-49-51(45,46)48-34-37(42)33-41)35-47-39(43)31-29-27-25-23-21-19-16-14-12-10-8-6-4-2/h26,28,37-38,41-42H,3-25,27,29-36H2,1-2H3,(H,45,46). The zero-order chi connectivity index (χ0) is 37.7. The molecule has 0 aliphatic heterocycles. The van der Waals surface area contributed by atoms with E-state index in [1.165, 1.54) is 122 Å². The van der Waals surface area contributed by atoms with Gasteiger partial charge in [-0.3, -0.25) is 18.6 Å². The van der Waals surface area contributed by atoms with Crippen LogP contribution in [0.3, 0.4) is 0 Å². The number of phosphoric acid groups is 1. The molecule has 0 bridgehead atoms. The molecule has 302 valence electrons. The summed E-state index contributed by atoms with van der Waals surface area (Å²) in [7, 11) is -4.62. The minimum Gasteiger partial charge on any atom is -0.462 e. The van der Waals surface area contributed by atoms with Crippen molar-refractivity contribution >= 4 is 19.8 Å². The van der Waals surface area contributed by atoms with Crippen LogP contribution in [0.25, 0.3) is 0 Å². The molecule has 11 heteroatoms. The van der Waals surface area contributed by atoms with Crippen LogP contribution >= 0.6 is 7.82 Å². The second-order valence-corrected chi connectivity index (χ2v) is 15.5. The number of aliphatic hydroxyl groups excluding tert-OH is 2. The van der Waals surface area contributed by atoms with Gasteiger partial charge in [-0.25, -0.2) is 4.57 Å². The van der Waals surface area contributed by atoms with Crippen molar-refractivity contribution in [1.29, 1.82) is 0 Å². The predicted molar refractivity (Wildman–Crippen MR) is 205 cm³/mol. The largest absolute Gasteiger partial charge is 0.472 e. The number of hydrogen-bond acceptors (Lipinski definition) is 9. The number of allylic oxidation sites excluding steroid dienone is 2. The van der Waals surface area contributed by atoms with Crippen molar-refractivity contribution in [3.8, 4) is 0 Å². The fourth-order valence-corrected chi connectivity index (χ4v) is 6.51. The Labute approximate surface area is 311 Å². The molecule has 3 N–H and O–H groups in total. The van der Waals surface area contributed by atoms with Crippen molar-refractivity contribution in [3.63, 3.8) is 0 Å². The quantitative estimate of drug-likeness (QED) is 0.0240. The van der Waals surface area contributed by atoms with Gasteiger partial charge in [-0.15, -0.1) is 0 Å². The minimum atomic E-state index is -4.62. The van der Waals surface area contributed by atoms with E-state index in [0.717, 1.165) is 32.1 Å². The van der Waals surface area contributed by atoms with Crippen molar-refractivity contribution in [2.75, 3.05) is 26.4 Å². The Morgan fingerprint density at radius 2 is 1.00 bits per heavy atom. The molecule has 0 saturated heterocycles. The molecule has 0 aromatic carbocycles. The number of carbonyl (C=O) groups excluding carboxylic acids is 2. The Morgan fingerprint density at radius 3 is 1.49 bits per heavy atom. The number of esters is 2. The number of ether oxygens (including phenoxy) is 2. The van der Waals surface area contributed by atoms with Gasteiger partial charge in [0, 0.05) is 12.8 Å². The van der Waals surface area contributed by atoms with E-state index in [0.29, 0.717) is 12.8 Å². The highest BCUT2D eigenvalue weighted by atomic mass is 31.2. The van der Waals surface area contributed by atoms with Gasteiger partial charge < -0.3 is 24.6 Å². The van der Waals surface area contributed by atoms with Crippen LogP contribution in [0.2, 0.25) is 0 Å². The van der Waals surface area contributed by atoms with Crippen molar-refractivity contribution in [2.45, 2.75) is 206 Å². The summed E-state index contributed by atoms with van der Waals surface area (Å²) in [5, 5.41) is 18.3. The molecule has 0 fully saturated rings. The first-order valence-electron chi connectivity index (χ1n) is 20.6. The van der Waals surface area contributed by atoms with Gasteiger partial charge in [0.1, 0.15) is 12.7 Å². The molecule has 0 aliphatic rings. The molecule has 0 aliphatic carbocycles. The van der Waals surface area contributed by atoms with Crippen LogP contribution in [0.1, 0.15) is 194 Å². The molecular formula is C40H77O10P. The Kier molecular flexibility index (Phi) is 36.1. The van der Waals surface area contributed by atoms with Crippen LogP contribution in [0.15, 0.2) is 12.2 Å². The first-order valence-corrected chi connectivity index (χ1v) is 22.1. The van der Waals surface area contributed by atoms with Gasteiger partial charge in [-0.1, -0.05) is 167 Å². The predicted octanol–water partition coefficient (Wildman–Crippen LogP) is 10.4. The summed E-state index contributed by atoms with van der Waals surface area (Å²) in [5.41, 5.74) is 0. The fraction of sp³-hybridized carbons (Fsp3) is 0.900. The summed E-state index contributed by atoms with van der Waals surface area (Å²) in [4.78, 5) is 34.8. The lowest BCUT2D eigenvalue weighted by Crippen LogP contribution is -2.29. The van der Waals surface area contributed by atoms with Crippen molar-refractivity contribution in [2.24, 2.45) is 0 Å². The Balaban J connectivity index is 4.35. The van der Waals surface area contributed by atoms with Crippen LogP contribution in [-0.4, -0.2) is 65.7 Å². The monoisotopic (exact) mass is 749 g/mol. The highest BCUT2D eigenvalue weighted by molar-refractivity contribution is 7.47. The van der Waals surface area contributed by atoms with E-state index in [9.17, 15) is 24.2 Å². The third kappa shape index (κ3) is 36.8. The van der Waals surface area contributed by atoms with Crippen LogP contribution in [0.4, 0.5) is 0 Å². The molecule has 0 amide bonds. The van der Waals surface area contributed by atoms with Crippen molar-refractivity contribution in [1.82, 2.24) is 0 Å². The summed E-state index contributed by atoms with van der Waals surface area (Å²) in [6.45, 7) is 2.35. The van der Waals surface area contributed by atoms with E-state index in [2.05, 4.69) is 24.4 Å². The first-order chi connectivity index (χ1) is 24.7. The highest BCUT2D eigenvalue weighted by Gasteiger charge is 2.27. The number of phosphoric ester groups is 1. The van der Waals surface area contributed by atoms with Crippen molar-refractivity contribution in [3.05, 3.63) is 12.2 Å². The zero-order valence-electron chi connectivity index (χ0n) is 32.6. The fourth-order valence-electron chi connectivity index (χ4n) is 5.72. The molecule has 0 rings (SSSR count). The lowest BCUT2D eigenvalue weighted by atomic mass is 10.0. The summed E-state index contributed by atoms with van der Waals surface area (Å²) in [6, 6.07) is 0. The minimum absolute atomic E-state index is 0.105. The molecule has 0 aromatic heterocycles. The van der Waals surface area contributed by atoms with Gasteiger partial charge in [0.25, 0.3) is 0 Å². The molecule has 0 saturated carbocycles. The van der Waals surface area contributed by atoms with Gasteiger partial charge >= 0.3 is 19.8 Å². The second kappa shape index (κ2) is 37.0. The summed E-state index contributed by atoms with van der Waals surface area (Å²) in [6.07, 6.45) is 33.3. The third-order valence-electron chi connectivity index (χ3n) is 8.93. The van der Waals surface area contributed by atoms with Crippen LogP contribution < -0.4 is 0 Å². The maximum Gasteiger partial charge on any atom is 0.472 e. The maximum absolute atomic E-state index is 12.5. The number of carbonyl (C=O) groups is 2. The highest BCUT2D eigenvalue weighted by Crippen LogP contribution is 2.43. The molecular weight excluding hydrogens is 671 g/mol. The number of rotatable bonds is 39. The smallest absolute Gasteiger partial charge is 0.462 e. The second-order valence-electron chi connectivity index (χ2n) is 14.0. The molecule has 3 atom stereocenters.